The number of aromatic nitrogens is 1. The van der Waals surface area contributed by atoms with E-state index in [1.165, 1.54) is 25.7 Å². The molecule has 1 aromatic heterocycles. The first-order valence-electron chi connectivity index (χ1n) is 7.29. The number of fused-ring (bicyclic) bond motifs is 1. The van der Waals surface area contributed by atoms with Gasteiger partial charge in [-0.3, -0.25) is 4.98 Å². The molecular formula is C16H20ClN3. The second-order valence-electron chi connectivity index (χ2n) is 5.55. The van der Waals surface area contributed by atoms with Crippen molar-refractivity contribution in [1.29, 1.82) is 0 Å². The molecule has 0 amide bonds. The summed E-state index contributed by atoms with van der Waals surface area (Å²) in [4.78, 5) is 4.38. The summed E-state index contributed by atoms with van der Waals surface area (Å²) in [7, 11) is 0. The average Bonchev–Trinajstić information content (AvgIpc) is 2.98. The van der Waals surface area contributed by atoms with E-state index in [9.17, 15) is 0 Å². The van der Waals surface area contributed by atoms with Gasteiger partial charge in [0.25, 0.3) is 0 Å². The zero-order valence-corrected chi connectivity index (χ0v) is 12.2. The van der Waals surface area contributed by atoms with Crippen LogP contribution in [0.25, 0.3) is 10.9 Å². The Kier molecular flexibility index (Phi) is 4.08. The number of anilines is 1. The van der Waals surface area contributed by atoms with Crippen LogP contribution in [-0.4, -0.2) is 17.6 Å². The number of benzene rings is 1. The molecule has 0 bridgehead atoms. The summed E-state index contributed by atoms with van der Waals surface area (Å²) in [6, 6.07) is 8.20. The predicted molar refractivity (Wildman–Crippen MR) is 85.2 cm³/mol. The number of nitrogens with one attached hydrogen (secondary N) is 1. The highest BCUT2D eigenvalue weighted by molar-refractivity contribution is 6.31. The van der Waals surface area contributed by atoms with E-state index in [1.807, 2.05) is 30.5 Å². The van der Waals surface area contributed by atoms with Crippen LogP contribution in [0.3, 0.4) is 0 Å². The summed E-state index contributed by atoms with van der Waals surface area (Å²) in [5.74, 6) is 0.690. The molecule has 1 aromatic carbocycles. The summed E-state index contributed by atoms with van der Waals surface area (Å²) in [5.41, 5.74) is 8.00. The minimum absolute atomic E-state index is 0.346. The van der Waals surface area contributed by atoms with Crippen molar-refractivity contribution in [2.24, 2.45) is 11.7 Å². The molecule has 4 heteroatoms. The first-order valence-corrected chi connectivity index (χ1v) is 7.66. The van der Waals surface area contributed by atoms with Crippen LogP contribution in [0.15, 0.2) is 30.5 Å². The molecule has 3 nitrogen and oxygen atoms in total. The fourth-order valence-electron chi connectivity index (χ4n) is 3.18. The number of nitrogens with zero attached hydrogens (tertiary/aromatic N) is 1. The molecule has 1 aliphatic rings. The summed E-state index contributed by atoms with van der Waals surface area (Å²) in [6.45, 7) is 0.669. The van der Waals surface area contributed by atoms with Gasteiger partial charge >= 0.3 is 0 Å². The van der Waals surface area contributed by atoms with Crippen LogP contribution in [0, 0.1) is 5.92 Å². The van der Waals surface area contributed by atoms with E-state index in [1.54, 1.807) is 0 Å². The van der Waals surface area contributed by atoms with Gasteiger partial charge in [0, 0.05) is 34.9 Å². The molecule has 1 aliphatic carbocycles. The Morgan fingerprint density at radius 2 is 2.10 bits per heavy atom. The zero-order valence-electron chi connectivity index (χ0n) is 11.5. The van der Waals surface area contributed by atoms with E-state index in [-0.39, 0.29) is 0 Å². The third-order valence-corrected chi connectivity index (χ3v) is 4.50. The SMILES string of the molecule is NCC(Nc1ccnc2cc(Cl)ccc12)C1CCCC1. The Morgan fingerprint density at radius 1 is 1.30 bits per heavy atom. The number of halogens is 1. The van der Waals surface area contributed by atoms with Crippen molar-refractivity contribution in [2.45, 2.75) is 31.7 Å². The molecule has 3 rings (SSSR count). The van der Waals surface area contributed by atoms with Crippen LogP contribution in [0.5, 0.6) is 0 Å². The van der Waals surface area contributed by atoms with Crippen LogP contribution in [0.2, 0.25) is 5.02 Å². The Morgan fingerprint density at radius 3 is 2.85 bits per heavy atom. The predicted octanol–water partition coefficient (Wildman–Crippen LogP) is 3.82. The van der Waals surface area contributed by atoms with E-state index >= 15 is 0 Å². The number of nitrogens with two attached hydrogens (primary N) is 1. The number of rotatable bonds is 4. The molecule has 1 heterocycles. The molecule has 0 radical (unpaired) electrons. The molecular weight excluding hydrogens is 270 g/mol. The molecule has 3 N–H and O–H groups in total. The maximum Gasteiger partial charge on any atom is 0.0737 e. The number of pyridine rings is 1. The van der Waals surface area contributed by atoms with Crippen LogP contribution in [-0.2, 0) is 0 Å². The summed E-state index contributed by atoms with van der Waals surface area (Å²) in [5, 5.41) is 5.45. The monoisotopic (exact) mass is 289 g/mol. The molecule has 1 saturated carbocycles. The van der Waals surface area contributed by atoms with Gasteiger partial charge in [0.1, 0.15) is 0 Å². The van der Waals surface area contributed by atoms with Crippen LogP contribution in [0.4, 0.5) is 5.69 Å². The van der Waals surface area contributed by atoms with Crippen molar-refractivity contribution in [3.8, 4) is 0 Å². The molecule has 2 aromatic rings. The fraction of sp³-hybridized carbons (Fsp3) is 0.438. The van der Waals surface area contributed by atoms with Gasteiger partial charge in [0.2, 0.25) is 0 Å². The van der Waals surface area contributed by atoms with Gasteiger partial charge in [-0.15, -0.1) is 0 Å². The maximum absolute atomic E-state index is 6.03. The highest BCUT2D eigenvalue weighted by Crippen LogP contribution is 2.31. The van der Waals surface area contributed by atoms with Gasteiger partial charge in [0.05, 0.1) is 5.52 Å². The lowest BCUT2D eigenvalue weighted by atomic mass is 9.97. The first-order chi connectivity index (χ1) is 9.78. The van der Waals surface area contributed by atoms with E-state index in [0.29, 0.717) is 23.5 Å². The second kappa shape index (κ2) is 5.98. The molecule has 20 heavy (non-hydrogen) atoms. The highest BCUT2D eigenvalue weighted by atomic mass is 35.5. The average molecular weight is 290 g/mol. The lowest BCUT2D eigenvalue weighted by Gasteiger charge is -2.25. The van der Waals surface area contributed by atoms with Crippen molar-refractivity contribution >= 4 is 28.2 Å². The Hall–Kier alpha value is -1.32. The lowest BCUT2D eigenvalue weighted by molar-refractivity contribution is 0.462. The quantitative estimate of drug-likeness (QED) is 0.900. The largest absolute Gasteiger partial charge is 0.380 e. The van der Waals surface area contributed by atoms with E-state index in [0.717, 1.165) is 16.6 Å². The summed E-state index contributed by atoms with van der Waals surface area (Å²) < 4.78 is 0. The van der Waals surface area contributed by atoms with Gasteiger partial charge in [-0.1, -0.05) is 24.4 Å². The third-order valence-electron chi connectivity index (χ3n) is 4.27. The normalized spacial score (nSPS) is 17.5. The number of hydrogen-bond acceptors (Lipinski definition) is 3. The van der Waals surface area contributed by atoms with Crippen molar-refractivity contribution in [2.75, 3.05) is 11.9 Å². The van der Waals surface area contributed by atoms with Gasteiger partial charge in [0.15, 0.2) is 0 Å². The van der Waals surface area contributed by atoms with Gasteiger partial charge in [-0.2, -0.15) is 0 Å². The van der Waals surface area contributed by atoms with E-state index in [4.69, 9.17) is 17.3 Å². The lowest BCUT2D eigenvalue weighted by Crippen LogP contribution is -2.35. The molecule has 1 unspecified atom stereocenters. The topological polar surface area (TPSA) is 50.9 Å². The second-order valence-corrected chi connectivity index (χ2v) is 5.99. The minimum Gasteiger partial charge on any atom is -0.380 e. The zero-order chi connectivity index (χ0) is 13.9. The standard InChI is InChI=1S/C16H20ClN3/c17-12-5-6-13-14(7-8-19-15(13)9-12)20-16(10-18)11-3-1-2-4-11/h5-9,11,16H,1-4,10,18H2,(H,19,20). The van der Waals surface area contributed by atoms with Crippen molar-refractivity contribution in [1.82, 2.24) is 4.98 Å². The Balaban J connectivity index is 1.89. The number of hydrogen-bond donors (Lipinski definition) is 2. The molecule has 0 spiro atoms. The third kappa shape index (κ3) is 2.74. The minimum atomic E-state index is 0.346. The van der Waals surface area contributed by atoms with Crippen molar-refractivity contribution in [3.05, 3.63) is 35.5 Å². The van der Waals surface area contributed by atoms with Gasteiger partial charge in [-0.05, 0) is 43.0 Å². The fourth-order valence-corrected chi connectivity index (χ4v) is 3.34. The molecule has 1 atom stereocenters. The first kappa shape index (κ1) is 13.7. The molecule has 0 aliphatic heterocycles. The molecule has 1 fully saturated rings. The van der Waals surface area contributed by atoms with Crippen molar-refractivity contribution < 1.29 is 0 Å². The Bertz CT molecular complexity index is 593. The highest BCUT2D eigenvalue weighted by Gasteiger charge is 2.24. The smallest absolute Gasteiger partial charge is 0.0737 e. The molecule has 106 valence electrons. The maximum atomic E-state index is 6.03. The van der Waals surface area contributed by atoms with Crippen molar-refractivity contribution in [3.63, 3.8) is 0 Å². The van der Waals surface area contributed by atoms with Crippen LogP contribution < -0.4 is 11.1 Å². The van der Waals surface area contributed by atoms with Gasteiger partial charge < -0.3 is 11.1 Å². The van der Waals surface area contributed by atoms with E-state index in [2.05, 4.69) is 10.3 Å². The van der Waals surface area contributed by atoms with Crippen LogP contribution in [0.1, 0.15) is 25.7 Å². The van der Waals surface area contributed by atoms with Crippen LogP contribution >= 0.6 is 11.6 Å². The summed E-state index contributed by atoms with van der Waals surface area (Å²) >= 11 is 6.03. The Labute approximate surface area is 124 Å². The summed E-state index contributed by atoms with van der Waals surface area (Å²) in [6.07, 6.45) is 7.04. The van der Waals surface area contributed by atoms with Gasteiger partial charge in [-0.25, -0.2) is 0 Å². The van der Waals surface area contributed by atoms with E-state index < -0.39 is 0 Å². The molecule has 0 saturated heterocycles.